The molecule has 1 saturated heterocycles. The Kier molecular flexibility index (Phi) is 3.29. The Balaban J connectivity index is 1.69. The Morgan fingerprint density at radius 3 is 3.00 bits per heavy atom. The zero-order valence-electron chi connectivity index (χ0n) is 10.4. The van der Waals surface area contributed by atoms with Crippen LogP contribution in [0.5, 0.6) is 0 Å². The second kappa shape index (κ2) is 4.93. The number of nitrogens with zero attached hydrogens (tertiary/aromatic N) is 1. The van der Waals surface area contributed by atoms with Gasteiger partial charge in [0, 0.05) is 19.0 Å². The molecule has 18 heavy (non-hydrogen) atoms. The van der Waals surface area contributed by atoms with E-state index in [1.165, 1.54) is 11.1 Å². The molecule has 3 heteroatoms. The van der Waals surface area contributed by atoms with Crippen LogP contribution in [0.25, 0.3) is 0 Å². The molecule has 0 aromatic heterocycles. The van der Waals surface area contributed by atoms with Gasteiger partial charge in [0.2, 0.25) is 5.91 Å². The second-order valence-electron chi connectivity index (χ2n) is 5.40. The van der Waals surface area contributed by atoms with Crippen molar-refractivity contribution in [1.29, 1.82) is 0 Å². The maximum Gasteiger partial charge on any atom is 0.230 e. The summed E-state index contributed by atoms with van der Waals surface area (Å²) in [6.07, 6.45) is 3.17. The van der Waals surface area contributed by atoms with Crippen LogP contribution in [0.4, 0.5) is 0 Å². The summed E-state index contributed by atoms with van der Waals surface area (Å²) >= 11 is 5.92. The van der Waals surface area contributed by atoms with Crippen molar-refractivity contribution in [2.45, 2.75) is 25.2 Å². The van der Waals surface area contributed by atoms with E-state index in [4.69, 9.17) is 11.6 Å². The van der Waals surface area contributed by atoms with Gasteiger partial charge in [-0.15, -0.1) is 11.6 Å². The average Bonchev–Trinajstić information content (AvgIpc) is 2.40. The third kappa shape index (κ3) is 2.03. The van der Waals surface area contributed by atoms with Gasteiger partial charge in [-0.1, -0.05) is 24.3 Å². The number of halogens is 1. The summed E-state index contributed by atoms with van der Waals surface area (Å²) in [6.45, 7) is 1.76. The van der Waals surface area contributed by atoms with E-state index in [0.29, 0.717) is 17.7 Å². The van der Waals surface area contributed by atoms with E-state index < -0.39 is 0 Å². The van der Waals surface area contributed by atoms with Crippen LogP contribution >= 0.6 is 11.6 Å². The zero-order chi connectivity index (χ0) is 12.5. The van der Waals surface area contributed by atoms with Gasteiger partial charge in [-0.2, -0.15) is 0 Å². The Morgan fingerprint density at radius 1 is 1.39 bits per heavy atom. The number of benzene rings is 1. The van der Waals surface area contributed by atoms with Crippen molar-refractivity contribution in [2.75, 3.05) is 19.0 Å². The predicted molar refractivity (Wildman–Crippen MR) is 72.9 cm³/mol. The molecule has 1 aromatic carbocycles. The van der Waals surface area contributed by atoms with Crippen molar-refractivity contribution in [3.8, 4) is 0 Å². The number of alkyl halides is 1. The summed E-state index contributed by atoms with van der Waals surface area (Å²) in [7, 11) is 0. The SMILES string of the molecule is O=C(C1Cc2ccccc21)N1CCCC(CCl)C1. The van der Waals surface area contributed by atoms with Crippen molar-refractivity contribution in [3.05, 3.63) is 35.4 Å². The highest BCUT2D eigenvalue weighted by Crippen LogP contribution is 2.36. The van der Waals surface area contributed by atoms with Gasteiger partial charge in [0.1, 0.15) is 0 Å². The molecular formula is C15H18ClNO. The number of piperidine rings is 1. The molecule has 3 rings (SSSR count). The highest BCUT2D eigenvalue weighted by atomic mass is 35.5. The summed E-state index contributed by atoms with van der Waals surface area (Å²) in [5, 5.41) is 0. The number of fused-ring (bicyclic) bond motifs is 1. The molecule has 2 nitrogen and oxygen atoms in total. The first-order chi connectivity index (χ1) is 8.79. The maximum atomic E-state index is 12.5. The maximum absolute atomic E-state index is 12.5. The Hall–Kier alpha value is -1.02. The molecule has 2 aliphatic rings. The van der Waals surface area contributed by atoms with Crippen LogP contribution in [0.1, 0.15) is 29.9 Å². The molecule has 1 aliphatic heterocycles. The molecule has 1 aromatic rings. The van der Waals surface area contributed by atoms with Crippen LogP contribution in [-0.4, -0.2) is 29.8 Å². The van der Waals surface area contributed by atoms with Crippen LogP contribution in [0, 0.1) is 5.92 Å². The van der Waals surface area contributed by atoms with E-state index in [1.807, 2.05) is 17.0 Å². The molecule has 1 amide bonds. The van der Waals surface area contributed by atoms with Gasteiger partial charge in [-0.3, -0.25) is 4.79 Å². The van der Waals surface area contributed by atoms with Gasteiger partial charge in [0.05, 0.1) is 5.92 Å². The quantitative estimate of drug-likeness (QED) is 0.752. The van der Waals surface area contributed by atoms with E-state index in [-0.39, 0.29) is 5.92 Å². The highest BCUT2D eigenvalue weighted by molar-refractivity contribution is 6.18. The van der Waals surface area contributed by atoms with Gasteiger partial charge in [0.25, 0.3) is 0 Å². The first kappa shape index (κ1) is 12.0. The summed E-state index contributed by atoms with van der Waals surface area (Å²) < 4.78 is 0. The minimum absolute atomic E-state index is 0.107. The molecule has 1 fully saturated rings. The lowest BCUT2D eigenvalue weighted by Gasteiger charge is -2.38. The van der Waals surface area contributed by atoms with E-state index in [9.17, 15) is 4.79 Å². The number of carbonyl (C=O) groups is 1. The molecule has 0 saturated carbocycles. The van der Waals surface area contributed by atoms with E-state index in [0.717, 1.165) is 32.4 Å². The molecule has 96 valence electrons. The summed E-state index contributed by atoms with van der Waals surface area (Å²) in [5.74, 6) is 1.57. The summed E-state index contributed by atoms with van der Waals surface area (Å²) in [4.78, 5) is 14.5. The third-order valence-corrected chi connectivity index (χ3v) is 4.64. The predicted octanol–water partition coefficient (Wildman–Crippen LogP) is 2.80. The van der Waals surface area contributed by atoms with Crippen molar-refractivity contribution >= 4 is 17.5 Å². The van der Waals surface area contributed by atoms with E-state index in [1.54, 1.807) is 0 Å². The lowest BCUT2D eigenvalue weighted by molar-refractivity contribution is -0.135. The van der Waals surface area contributed by atoms with Crippen molar-refractivity contribution in [2.24, 2.45) is 5.92 Å². The molecule has 0 N–H and O–H groups in total. The number of carbonyl (C=O) groups excluding carboxylic acids is 1. The molecule has 0 spiro atoms. The molecule has 2 atom stereocenters. The first-order valence-corrected chi connectivity index (χ1v) is 7.25. The zero-order valence-corrected chi connectivity index (χ0v) is 11.2. The molecule has 1 aliphatic carbocycles. The van der Waals surface area contributed by atoms with Gasteiger partial charge in [-0.25, -0.2) is 0 Å². The number of amides is 1. The van der Waals surface area contributed by atoms with Crippen molar-refractivity contribution in [3.63, 3.8) is 0 Å². The first-order valence-electron chi connectivity index (χ1n) is 6.72. The van der Waals surface area contributed by atoms with Crippen LogP contribution in [0.2, 0.25) is 0 Å². The fourth-order valence-corrected chi connectivity index (χ4v) is 3.34. The lowest BCUT2D eigenvalue weighted by Crippen LogP contribution is -2.45. The Bertz CT molecular complexity index is 460. The Labute approximate surface area is 113 Å². The molecule has 2 unspecified atom stereocenters. The minimum Gasteiger partial charge on any atom is -0.342 e. The van der Waals surface area contributed by atoms with Gasteiger partial charge >= 0.3 is 0 Å². The third-order valence-electron chi connectivity index (χ3n) is 4.20. The molecule has 0 bridgehead atoms. The van der Waals surface area contributed by atoms with E-state index >= 15 is 0 Å². The van der Waals surface area contributed by atoms with Gasteiger partial charge < -0.3 is 4.90 Å². The second-order valence-corrected chi connectivity index (χ2v) is 5.71. The Morgan fingerprint density at radius 2 is 2.22 bits per heavy atom. The van der Waals surface area contributed by atoms with Crippen LogP contribution in [0.15, 0.2) is 24.3 Å². The smallest absolute Gasteiger partial charge is 0.230 e. The fraction of sp³-hybridized carbons (Fsp3) is 0.533. The molecular weight excluding hydrogens is 246 g/mol. The number of hydrogen-bond acceptors (Lipinski definition) is 1. The normalized spacial score (nSPS) is 26.4. The highest BCUT2D eigenvalue weighted by Gasteiger charge is 2.35. The standard InChI is InChI=1S/C15H18ClNO/c16-9-11-4-3-7-17(10-11)15(18)14-8-12-5-1-2-6-13(12)14/h1-2,5-6,11,14H,3-4,7-10H2. The minimum atomic E-state index is 0.107. The number of hydrogen-bond donors (Lipinski definition) is 0. The van der Waals surface area contributed by atoms with Crippen molar-refractivity contribution < 1.29 is 4.79 Å². The molecule has 0 radical (unpaired) electrons. The largest absolute Gasteiger partial charge is 0.342 e. The fourth-order valence-electron chi connectivity index (χ4n) is 3.09. The average molecular weight is 264 g/mol. The lowest BCUT2D eigenvalue weighted by atomic mass is 9.76. The van der Waals surface area contributed by atoms with E-state index in [2.05, 4.69) is 12.1 Å². The summed E-state index contributed by atoms with van der Waals surface area (Å²) in [5.41, 5.74) is 2.57. The van der Waals surface area contributed by atoms with Crippen molar-refractivity contribution in [1.82, 2.24) is 4.90 Å². The topological polar surface area (TPSA) is 20.3 Å². The van der Waals surface area contributed by atoms with Crippen LogP contribution in [-0.2, 0) is 11.2 Å². The monoisotopic (exact) mass is 263 g/mol. The van der Waals surface area contributed by atoms with Gasteiger partial charge in [0.15, 0.2) is 0 Å². The van der Waals surface area contributed by atoms with Crippen LogP contribution < -0.4 is 0 Å². The number of likely N-dealkylation sites (tertiary alicyclic amines) is 1. The van der Waals surface area contributed by atoms with Gasteiger partial charge in [-0.05, 0) is 36.3 Å². The number of rotatable bonds is 2. The molecule has 1 heterocycles. The van der Waals surface area contributed by atoms with Crippen LogP contribution in [0.3, 0.4) is 0 Å². The summed E-state index contributed by atoms with van der Waals surface area (Å²) in [6, 6.07) is 8.28.